The Morgan fingerprint density at radius 2 is 1.95 bits per heavy atom. The minimum Gasteiger partial charge on any atom is -0.497 e. The lowest BCUT2D eigenvalue weighted by molar-refractivity contribution is -0.137. The second-order valence-corrected chi connectivity index (χ2v) is 5.08. The SMILES string of the molecule is CCCNC(CC(=O)O)c1ccc2cc(OC)ccc2c1. The monoisotopic (exact) mass is 287 g/mol. The number of fused-ring (bicyclic) bond motifs is 1. The summed E-state index contributed by atoms with van der Waals surface area (Å²) in [5, 5.41) is 14.5. The van der Waals surface area contributed by atoms with E-state index in [9.17, 15) is 4.79 Å². The molecular formula is C17H21NO3. The zero-order chi connectivity index (χ0) is 15.2. The molecule has 2 aromatic rings. The first-order valence-corrected chi connectivity index (χ1v) is 7.17. The Labute approximate surface area is 124 Å². The van der Waals surface area contributed by atoms with Gasteiger partial charge in [0.15, 0.2) is 0 Å². The second kappa shape index (κ2) is 7.09. The molecule has 1 unspecified atom stereocenters. The summed E-state index contributed by atoms with van der Waals surface area (Å²) in [5.74, 6) is 0.0277. The van der Waals surface area contributed by atoms with Crippen molar-refractivity contribution < 1.29 is 14.6 Å². The van der Waals surface area contributed by atoms with Crippen molar-refractivity contribution in [3.8, 4) is 5.75 Å². The summed E-state index contributed by atoms with van der Waals surface area (Å²) in [6.07, 6.45) is 1.06. The molecule has 0 aliphatic rings. The van der Waals surface area contributed by atoms with Gasteiger partial charge in [-0.2, -0.15) is 0 Å². The van der Waals surface area contributed by atoms with Crippen LogP contribution in [-0.2, 0) is 4.79 Å². The van der Waals surface area contributed by atoms with Gasteiger partial charge in [-0.3, -0.25) is 4.79 Å². The number of methoxy groups -OCH3 is 1. The molecule has 0 spiro atoms. The average molecular weight is 287 g/mol. The van der Waals surface area contributed by atoms with Crippen molar-refractivity contribution >= 4 is 16.7 Å². The zero-order valence-corrected chi connectivity index (χ0v) is 12.4. The van der Waals surface area contributed by atoms with Crippen LogP contribution < -0.4 is 10.1 Å². The summed E-state index contributed by atoms with van der Waals surface area (Å²) < 4.78 is 5.22. The quantitative estimate of drug-likeness (QED) is 0.819. The van der Waals surface area contributed by atoms with Crippen LogP contribution in [0.15, 0.2) is 36.4 Å². The molecule has 0 aromatic heterocycles. The highest BCUT2D eigenvalue weighted by Crippen LogP contribution is 2.25. The summed E-state index contributed by atoms with van der Waals surface area (Å²) in [5.41, 5.74) is 1.00. The molecule has 112 valence electrons. The predicted molar refractivity (Wildman–Crippen MR) is 83.8 cm³/mol. The summed E-state index contributed by atoms with van der Waals surface area (Å²) >= 11 is 0. The number of hydrogen-bond acceptors (Lipinski definition) is 3. The van der Waals surface area contributed by atoms with Crippen molar-refractivity contribution in [3.63, 3.8) is 0 Å². The molecule has 0 saturated heterocycles. The topological polar surface area (TPSA) is 58.6 Å². The molecule has 2 aromatic carbocycles. The van der Waals surface area contributed by atoms with Gasteiger partial charge in [0.25, 0.3) is 0 Å². The normalized spacial score (nSPS) is 12.3. The first kappa shape index (κ1) is 15.3. The van der Waals surface area contributed by atoms with Crippen LogP contribution >= 0.6 is 0 Å². The van der Waals surface area contributed by atoms with E-state index in [1.54, 1.807) is 7.11 Å². The van der Waals surface area contributed by atoms with E-state index in [0.29, 0.717) is 0 Å². The highest BCUT2D eigenvalue weighted by molar-refractivity contribution is 5.84. The number of aliphatic carboxylic acids is 1. The van der Waals surface area contributed by atoms with Crippen LogP contribution in [0, 0.1) is 0 Å². The lowest BCUT2D eigenvalue weighted by Gasteiger charge is -2.17. The van der Waals surface area contributed by atoms with Gasteiger partial charge in [-0.25, -0.2) is 0 Å². The Kier molecular flexibility index (Phi) is 5.17. The average Bonchev–Trinajstić information content (AvgIpc) is 2.50. The third-order valence-corrected chi connectivity index (χ3v) is 3.49. The molecule has 4 nitrogen and oxygen atoms in total. The number of hydrogen-bond donors (Lipinski definition) is 2. The first-order chi connectivity index (χ1) is 10.1. The minimum atomic E-state index is -0.793. The van der Waals surface area contributed by atoms with Gasteiger partial charge in [-0.05, 0) is 47.5 Å². The Morgan fingerprint density at radius 1 is 1.24 bits per heavy atom. The highest BCUT2D eigenvalue weighted by Gasteiger charge is 2.15. The van der Waals surface area contributed by atoms with Gasteiger partial charge in [-0.1, -0.05) is 25.1 Å². The molecular weight excluding hydrogens is 266 g/mol. The van der Waals surface area contributed by atoms with Crippen LogP contribution in [-0.4, -0.2) is 24.7 Å². The van der Waals surface area contributed by atoms with Gasteiger partial charge in [0, 0.05) is 6.04 Å². The number of carboxylic acid groups (broad SMARTS) is 1. The van der Waals surface area contributed by atoms with Crippen LogP contribution in [0.5, 0.6) is 5.75 Å². The lowest BCUT2D eigenvalue weighted by Crippen LogP contribution is -2.24. The maximum Gasteiger partial charge on any atom is 0.305 e. The number of carboxylic acids is 1. The molecule has 2 N–H and O–H groups in total. The number of carbonyl (C=O) groups is 1. The van der Waals surface area contributed by atoms with Gasteiger partial charge in [0.05, 0.1) is 13.5 Å². The predicted octanol–water partition coefficient (Wildman–Crippen LogP) is 3.36. The van der Waals surface area contributed by atoms with Gasteiger partial charge in [0.2, 0.25) is 0 Å². The Hall–Kier alpha value is -2.07. The molecule has 1 atom stereocenters. The molecule has 0 aliphatic heterocycles. The van der Waals surface area contributed by atoms with Crippen LogP contribution in [0.3, 0.4) is 0 Å². The third kappa shape index (κ3) is 3.95. The summed E-state index contributed by atoms with van der Waals surface area (Å²) in [4.78, 5) is 11.0. The number of nitrogens with one attached hydrogen (secondary N) is 1. The van der Waals surface area contributed by atoms with Crippen molar-refractivity contribution in [1.82, 2.24) is 5.32 Å². The Bertz CT molecular complexity index is 624. The largest absolute Gasteiger partial charge is 0.497 e. The van der Waals surface area contributed by atoms with E-state index in [2.05, 4.69) is 12.2 Å². The molecule has 0 heterocycles. The Balaban J connectivity index is 2.31. The van der Waals surface area contributed by atoms with Crippen LogP contribution in [0.25, 0.3) is 10.8 Å². The molecule has 0 fully saturated rings. The fourth-order valence-corrected chi connectivity index (χ4v) is 2.39. The van der Waals surface area contributed by atoms with Crippen LogP contribution in [0.4, 0.5) is 0 Å². The minimum absolute atomic E-state index is 0.0850. The van der Waals surface area contributed by atoms with Gasteiger partial charge >= 0.3 is 5.97 Å². The molecule has 2 rings (SSSR count). The van der Waals surface area contributed by atoms with Crippen molar-refractivity contribution in [2.45, 2.75) is 25.8 Å². The van der Waals surface area contributed by atoms with E-state index in [1.807, 2.05) is 36.4 Å². The fourth-order valence-electron chi connectivity index (χ4n) is 2.39. The molecule has 21 heavy (non-hydrogen) atoms. The van der Waals surface area contributed by atoms with Crippen LogP contribution in [0.2, 0.25) is 0 Å². The maximum absolute atomic E-state index is 11.0. The van der Waals surface area contributed by atoms with Crippen molar-refractivity contribution in [2.24, 2.45) is 0 Å². The van der Waals surface area contributed by atoms with Gasteiger partial charge < -0.3 is 15.2 Å². The fraction of sp³-hybridized carbons (Fsp3) is 0.353. The number of benzene rings is 2. The lowest BCUT2D eigenvalue weighted by atomic mass is 9.99. The smallest absolute Gasteiger partial charge is 0.305 e. The standard InChI is InChI=1S/C17H21NO3/c1-3-8-18-16(11-17(19)20)14-5-4-13-10-15(21-2)7-6-12(13)9-14/h4-7,9-10,16,18H,3,8,11H2,1-2H3,(H,19,20). The van der Waals surface area contributed by atoms with Crippen LogP contribution in [0.1, 0.15) is 31.4 Å². The van der Waals surface area contributed by atoms with E-state index in [1.165, 1.54) is 0 Å². The van der Waals surface area contributed by atoms with Crippen molar-refractivity contribution in [2.75, 3.05) is 13.7 Å². The molecule has 0 saturated carbocycles. The van der Waals surface area contributed by atoms with E-state index in [0.717, 1.165) is 35.1 Å². The molecule has 0 bridgehead atoms. The first-order valence-electron chi connectivity index (χ1n) is 7.17. The molecule has 4 heteroatoms. The number of rotatable bonds is 7. The van der Waals surface area contributed by atoms with Crippen molar-refractivity contribution in [3.05, 3.63) is 42.0 Å². The third-order valence-electron chi connectivity index (χ3n) is 3.49. The molecule has 0 amide bonds. The van der Waals surface area contributed by atoms with E-state index < -0.39 is 5.97 Å². The second-order valence-electron chi connectivity index (χ2n) is 5.08. The number of ether oxygens (including phenoxy) is 1. The van der Waals surface area contributed by atoms with E-state index >= 15 is 0 Å². The summed E-state index contributed by atoms with van der Waals surface area (Å²) in [6, 6.07) is 11.8. The molecule has 0 aliphatic carbocycles. The van der Waals surface area contributed by atoms with Gasteiger partial charge in [0.1, 0.15) is 5.75 Å². The van der Waals surface area contributed by atoms with E-state index in [-0.39, 0.29) is 12.5 Å². The molecule has 0 radical (unpaired) electrons. The summed E-state index contributed by atoms with van der Waals surface area (Å²) in [7, 11) is 1.65. The van der Waals surface area contributed by atoms with Crippen molar-refractivity contribution in [1.29, 1.82) is 0 Å². The summed E-state index contributed by atoms with van der Waals surface area (Å²) in [6.45, 7) is 2.87. The zero-order valence-electron chi connectivity index (χ0n) is 12.4. The van der Waals surface area contributed by atoms with Gasteiger partial charge in [-0.15, -0.1) is 0 Å². The van der Waals surface area contributed by atoms with E-state index in [4.69, 9.17) is 9.84 Å². The Morgan fingerprint density at radius 3 is 2.62 bits per heavy atom. The highest BCUT2D eigenvalue weighted by atomic mass is 16.5. The maximum atomic E-state index is 11.0.